The lowest BCUT2D eigenvalue weighted by Crippen LogP contribution is -2.51. The smallest absolute Gasteiger partial charge is 0.169 e. The van der Waals surface area contributed by atoms with Crippen LogP contribution >= 0.6 is 12.2 Å². The molecule has 5 heteroatoms. The number of methoxy groups -OCH3 is 1. The molecule has 1 aliphatic heterocycles. The maximum Gasteiger partial charge on any atom is 0.169 e. The molecule has 0 bridgehead atoms. The van der Waals surface area contributed by atoms with Crippen molar-refractivity contribution in [2.45, 2.75) is 6.92 Å². The summed E-state index contributed by atoms with van der Waals surface area (Å²) in [5, 5.41) is 4.08. The van der Waals surface area contributed by atoms with E-state index in [1.165, 1.54) is 5.69 Å². The molecular weight excluding hydrogens is 258 g/mol. The molecule has 1 aliphatic rings. The minimum Gasteiger partial charge on any atom is -0.497 e. The van der Waals surface area contributed by atoms with Crippen molar-refractivity contribution in [2.75, 3.05) is 44.7 Å². The van der Waals surface area contributed by atoms with E-state index in [9.17, 15) is 0 Å². The molecule has 1 N–H and O–H groups in total. The van der Waals surface area contributed by atoms with Crippen LogP contribution in [0.5, 0.6) is 5.75 Å². The number of nitrogens with one attached hydrogen (secondary N) is 1. The Morgan fingerprint density at radius 2 is 2.05 bits per heavy atom. The second-order valence-corrected chi connectivity index (χ2v) is 4.90. The monoisotopic (exact) mass is 279 g/mol. The van der Waals surface area contributed by atoms with E-state index in [4.69, 9.17) is 17.0 Å². The summed E-state index contributed by atoms with van der Waals surface area (Å²) in [5.74, 6) is 0.906. The van der Waals surface area contributed by atoms with Crippen LogP contribution in [0.25, 0.3) is 0 Å². The summed E-state index contributed by atoms with van der Waals surface area (Å²) in [6, 6.07) is 8.21. The molecule has 1 heterocycles. The highest BCUT2D eigenvalue weighted by Crippen LogP contribution is 2.22. The molecule has 0 saturated carbocycles. The number of hydrogen-bond donors (Lipinski definition) is 1. The van der Waals surface area contributed by atoms with Crippen LogP contribution in [0.4, 0.5) is 5.69 Å². The lowest BCUT2D eigenvalue weighted by atomic mass is 10.2. The van der Waals surface area contributed by atoms with Crippen LogP contribution < -0.4 is 15.0 Å². The molecule has 0 aliphatic carbocycles. The van der Waals surface area contributed by atoms with Crippen molar-refractivity contribution in [1.82, 2.24) is 10.2 Å². The van der Waals surface area contributed by atoms with Gasteiger partial charge in [-0.05, 0) is 31.3 Å². The molecule has 0 unspecified atom stereocenters. The van der Waals surface area contributed by atoms with Gasteiger partial charge >= 0.3 is 0 Å². The Kier molecular flexibility index (Phi) is 4.85. The fourth-order valence-electron chi connectivity index (χ4n) is 2.24. The SMILES string of the molecule is CCNC(=S)N1CCN(c2cccc(OC)c2)CC1. The molecular formula is C14H21N3OS. The van der Waals surface area contributed by atoms with Gasteiger partial charge in [0.15, 0.2) is 5.11 Å². The van der Waals surface area contributed by atoms with Gasteiger partial charge in [0.1, 0.15) is 5.75 Å². The Labute approximate surface area is 120 Å². The van der Waals surface area contributed by atoms with E-state index in [1.807, 2.05) is 12.1 Å². The molecule has 1 aromatic carbocycles. The average Bonchev–Trinajstić information content (AvgIpc) is 2.48. The Hall–Kier alpha value is -1.49. The van der Waals surface area contributed by atoms with Crippen LogP contribution in [0.2, 0.25) is 0 Å². The topological polar surface area (TPSA) is 27.7 Å². The number of piperazine rings is 1. The van der Waals surface area contributed by atoms with Gasteiger partial charge in [0.05, 0.1) is 7.11 Å². The van der Waals surface area contributed by atoms with E-state index < -0.39 is 0 Å². The van der Waals surface area contributed by atoms with Crippen molar-refractivity contribution >= 4 is 23.0 Å². The molecule has 1 aromatic rings. The summed E-state index contributed by atoms with van der Waals surface area (Å²) >= 11 is 5.34. The predicted molar refractivity (Wildman–Crippen MR) is 83.1 cm³/mol. The molecule has 1 saturated heterocycles. The number of rotatable bonds is 3. The van der Waals surface area contributed by atoms with E-state index >= 15 is 0 Å². The van der Waals surface area contributed by atoms with E-state index in [-0.39, 0.29) is 0 Å². The molecule has 0 atom stereocenters. The minimum atomic E-state index is 0.868. The van der Waals surface area contributed by atoms with Gasteiger partial charge in [-0.15, -0.1) is 0 Å². The van der Waals surface area contributed by atoms with Crippen molar-refractivity contribution in [3.05, 3.63) is 24.3 Å². The summed E-state index contributed by atoms with van der Waals surface area (Å²) in [5.41, 5.74) is 1.22. The molecule has 1 fully saturated rings. The highest BCUT2D eigenvalue weighted by molar-refractivity contribution is 7.80. The second kappa shape index (κ2) is 6.61. The minimum absolute atomic E-state index is 0.868. The third-order valence-electron chi connectivity index (χ3n) is 3.31. The van der Waals surface area contributed by atoms with Gasteiger partial charge in [0.25, 0.3) is 0 Å². The van der Waals surface area contributed by atoms with E-state index in [0.717, 1.165) is 43.6 Å². The van der Waals surface area contributed by atoms with Crippen LogP contribution in [0.3, 0.4) is 0 Å². The molecule has 4 nitrogen and oxygen atoms in total. The number of ether oxygens (including phenoxy) is 1. The Balaban J connectivity index is 1.94. The van der Waals surface area contributed by atoms with Crippen molar-refractivity contribution in [3.63, 3.8) is 0 Å². The Morgan fingerprint density at radius 3 is 2.68 bits per heavy atom. The van der Waals surface area contributed by atoms with Crippen LogP contribution in [0.1, 0.15) is 6.92 Å². The number of anilines is 1. The van der Waals surface area contributed by atoms with Crippen molar-refractivity contribution in [1.29, 1.82) is 0 Å². The fraction of sp³-hybridized carbons (Fsp3) is 0.500. The Bertz CT molecular complexity index is 430. The van der Waals surface area contributed by atoms with Crippen LogP contribution in [-0.2, 0) is 0 Å². The standard InChI is InChI=1S/C14H21N3OS/c1-3-15-14(19)17-9-7-16(8-10-17)12-5-4-6-13(11-12)18-2/h4-6,11H,3,7-10H2,1-2H3,(H,15,19). The summed E-state index contributed by atoms with van der Waals surface area (Å²) in [7, 11) is 1.70. The Morgan fingerprint density at radius 1 is 1.32 bits per heavy atom. The van der Waals surface area contributed by atoms with Crippen LogP contribution in [-0.4, -0.2) is 49.8 Å². The third kappa shape index (κ3) is 3.50. The average molecular weight is 279 g/mol. The molecule has 2 rings (SSSR count). The zero-order valence-corrected chi connectivity index (χ0v) is 12.4. The highest BCUT2D eigenvalue weighted by Gasteiger charge is 2.18. The van der Waals surface area contributed by atoms with Gasteiger partial charge in [-0.2, -0.15) is 0 Å². The normalized spacial score (nSPS) is 15.3. The lowest BCUT2D eigenvalue weighted by molar-refractivity contribution is 0.380. The largest absolute Gasteiger partial charge is 0.497 e. The number of nitrogens with zero attached hydrogens (tertiary/aromatic N) is 2. The third-order valence-corrected chi connectivity index (χ3v) is 3.72. The lowest BCUT2D eigenvalue weighted by Gasteiger charge is -2.37. The molecule has 104 valence electrons. The van der Waals surface area contributed by atoms with Crippen molar-refractivity contribution in [3.8, 4) is 5.75 Å². The van der Waals surface area contributed by atoms with E-state index in [1.54, 1.807) is 7.11 Å². The van der Waals surface area contributed by atoms with Gasteiger partial charge in [-0.1, -0.05) is 6.07 Å². The van der Waals surface area contributed by atoms with Crippen LogP contribution in [0.15, 0.2) is 24.3 Å². The number of thiocarbonyl (C=S) groups is 1. The summed E-state index contributed by atoms with van der Waals surface area (Å²) in [4.78, 5) is 4.60. The molecule has 0 amide bonds. The summed E-state index contributed by atoms with van der Waals surface area (Å²) in [6.07, 6.45) is 0. The van der Waals surface area contributed by atoms with Crippen molar-refractivity contribution < 1.29 is 4.74 Å². The zero-order chi connectivity index (χ0) is 13.7. The molecule has 0 spiro atoms. The van der Waals surface area contributed by atoms with Crippen molar-refractivity contribution in [2.24, 2.45) is 0 Å². The number of hydrogen-bond acceptors (Lipinski definition) is 3. The van der Waals surface area contributed by atoms with E-state index in [0.29, 0.717) is 0 Å². The van der Waals surface area contributed by atoms with Crippen LogP contribution in [0, 0.1) is 0 Å². The number of benzene rings is 1. The molecule has 0 radical (unpaired) electrons. The predicted octanol–water partition coefficient (Wildman–Crippen LogP) is 1.71. The van der Waals surface area contributed by atoms with Gasteiger partial charge in [-0.25, -0.2) is 0 Å². The maximum absolute atomic E-state index is 5.34. The first-order valence-electron chi connectivity index (χ1n) is 6.66. The first-order valence-corrected chi connectivity index (χ1v) is 7.07. The highest BCUT2D eigenvalue weighted by atomic mass is 32.1. The quantitative estimate of drug-likeness (QED) is 0.850. The van der Waals surface area contributed by atoms with Gasteiger partial charge in [-0.3, -0.25) is 0 Å². The zero-order valence-electron chi connectivity index (χ0n) is 11.6. The summed E-state index contributed by atoms with van der Waals surface area (Å²) < 4.78 is 5.27. The fourth-order valence-corrected chi connectivity index (χ4v) is 2.56. The first kappa shape index (κ1) is 13.9. The second-order valence-electron chi connectivity index (χ2n) is 4.51. The first-order chi connectivity index (χ1) is 9.24. The maximum atomic E-state index is 5.34. The van der Waals surface area contributed by atoms with Gasteiger partial charge in [0.2, 0.25) is 0 Å². The molecule has 19 heavy (non-hydrogen) atoms. The van der Waals surface area contributed by atoms with E-state index in [2.05, 4.69) is 34.2 Å². The molecule has 0 aromatic heterocycles. The van der Waals surface area contributed by atoms with Gasteiger partial charge < -0.3 is 19.9 Å². The van der Waals surface area contributed by atoms with Gasteiger partial charge in [0, 0.05) is 44.5 Å². The summed E-state index contributed by atoms with van der Waals surface area (Å²) in [6.45, 7) is 6.84.